The summed E-state index contributed by atoms with van der Waals surface area (Å²) in [5.74, 6) is 2.32. The Morgan fingerprint density at radius 1 is 1.50 bits per heavy atom. The molecule has 0 aromatic carbocycles. The smallest absolute Gasteiger partial charge is 0.0980 e. The molecule has 1 atom stereocenters. The molecule has 1 aliphatic rings. The molecule has 1 saturated heterocycles. The quantitative estimate of drug-likeness (QED) is 0.698. The van der Waals surface area contributed by atoms with Gasteiger partial charge in [-0.25, -0.2) is 0 Å². The monoisotopic (exact) mass is 204 g/mol. The topological polar surface area (TPSA) is 20.2 Å². The molecule has 12 heavy (non-hydrogen) atoms. The Kier molecular flexibility index (Phi) is 3.56. The zero-order valence-corrected chi connectivity index (χ0v) is 9.30. The molecule has 1 nitrogen and oxygen atoms in total. The summed E-state index contributed by atoms with van der Waals surface area (Å²) in [5, 5.41) is 9.87. The predicted molar refractivity (Wildman–Crippen MR) is 58.8 cm³/mol. The molecule has 0 aliphatic carbocycles. The average Bonchev–Trinajstić information content (AvgIpc) is 2.04. The maximum Gasteiger partial charge on any atom is 0.0980 e. The van der Waals surface area contributed by atoms with Crippen molar-refractivity contribution in [2.75, 3.05) is 11.5 Å². The van der Waals surface area contributed by atoms with E-state index in [1.165, 1.54) is 6.42 Å². The predicted octanol–water partition coefficient (Wildman–Crippen LogP) is 2.51. The van der Waals surface area contributed by atoms with Crippen LogP contribution < -0.4 is 0 Å². The molecule has 1 unspecified atom stereocenters. The van der Waals surface area contributed by atoms with E-state index < -0.39 is 0 Å². The molecule has 0 saturated carbocycles. The Morgan fingerprint density at radius 3 is 2.42 bits per heavy atom. The van der Waals surface area contributed by atoms with E-state index in [0.29, 0.717) is 0 Å². The molecule has 1 rings (SSSR count). The lowest BCUT2D eigenvalue weighted by Crippen LogP contribution is -2.36. The van der Waals surface area contributed by atoms with Crippen molar-refractivity contribution in [1.82, 2.24) is 0 Å². The van der Waals surface area contributed by atoms with E-state index >= 15 is 0 Å². The Bertz CT molecular complexity index is 173. The normalized spacial score (nSPS) is 24.9. The van der Waals surface area contributed by atoms with Crippen LogP contribution in [0.25, 0.3) is 0 Å². The zero-order chi connectivity index (χ0) is 9.19. The number of aliphatic hydroxyl groups is 1. The van der Waals surface area contributed by atoms with Gasteiger partial charge >= 0.3 is 0 Å². The molecule has 0 aromatic rings. The molecule has 1 aliphatic heterocycles. The zero-order valence-electron chi connectivity index (χ0n) is 7.67. The van der Waals surface area contributed by atoms with Crippen molar-refractivity contribution in [2.45, 2.75) is 30.5 Å². The van der Waals surface area contributed by atoms with Gasteiger partial charge in [0.2, 0.25) is 0 Å². The summed E-state index contributed by atoms with van der Waals surface area (Å²) >= 11 is 3.71. The highest BCUT2D eigenvalue weighted by atomic mass is 32.2. The molecule has 70 valence electrons. The largest absolute Gasteiger partial charge is 0.386 e. The molecule has 1 N–H and O–H groups in total. The lowest BCUT2D eigenvalue weighted by molar-refractivity contribution is 0.202. The van der Waals surface area contributed by atoms with Gasteiger partial charge in [-0.1, -0.05) is 6.58 Å². The Hall–Kier alpha value is 0.400. The third kappa shape index (κ3) is 2.21. The van der Waals surface area contributed by atoms with Crippen molar-refractivity contribution >= 4 is 23.5 Å². The molecule has 1 fully saturated rings. The van der Waals surface area contributed by atoms with E-state index in [1.807, 2.05) is 30.4 Å². The number of thioether (sulfide) groups is 2. The molecular formula is C9H16OS2. The van der Waals surface area contributed by atoms with Gasteiger partial charge in [0.05, 0.1) is 10.2 Å². The van der Waals surface area contributed by atoms with Gasteiger partial charge in [0, 0.05) is 0 Å². The number of rotatable bonds is 2. The molecule has 3 heteroatoms. The van der Waals surface area contributed by atoms with Crippen LogP contribution in [0.5, 0.6) is 0 Å². The second-order valence-electron chi connectivity index (χ2n) is 3.32. The van der Waals surface area contributed by atoms with Crippen LogP contribution in [0.3, 0.4) is 0 Å². The number of hydrogen-bond acceptors (Lipinski definition) is 3. The first kappa shape index (κ1) is 10.5. The highest BCUT2D eigenvalue weighted by Crippen LogP contribution is 2.45. The summed E-state index contributed by atoms with van der Waals surface area (Å²) in [6.45, 7) is 7.81. The molecule has 0 spiro atoms. The molecular weight excluding hydrogens is 188 g/mol. The SMILES string of the molecule is C=C(C)C(O)C1(C)SCCCS1. The minimum Gasteiger partial charge on any atom is -0.386 e. The van der Waals surface area contributed by atoms with Gasteiger partial charge in [-0.2, -0.15) is 0 Å². The first-order valence-electron chi connectivity index (χ1n) is 4.17. The second-order valence-corrected chi connectivity index (χ2v) is 6.66. The van der Waals surface area contributed by atoms with Crippen LogP contribution >= 0.6 is 23.5 Å². The van der Waals surface area contributed by atoms with Crippen molar-refractivity contribution in [1.29, 1.82) is 0 Å². The first-order chi connectivity index (χ1) is 5.56. The molecule has 1 heterocycles. The van der Waals surface area contributed by atoms with Crippen molar-refractivity contribution < 1.29 is 5.11 Å². The fourth-order valence-corrected chi connectivity index (χ4v) is 4.38. The van der Waals surface area contributed by atoms with Gasteiger partial charge < -0.3 is 5.11 Å². The number of hydrogen-bond donors (Lipinski definition) is 1. The van der Waals surface area contributed by atoms with Crippen LogP contribution in [0.4, 0.5) is 0 Å². The second kappa shape index (κ2) is 4.07. The van der Waals surface area contributed by atoms with Gasteiger partial charge in [0.25, 0.3) is 0 Å². The van der Waals surface area contributed by atoms with Crippen molar-refractivity contribution in [2.24, 2.45) is 0 Å². The van der Waals surface area contributed by atoms with Gasteiger partial charge in [-0.15, -0.1) is 23.5 Å². The maximum atomic E-state index is 9.87. The number of aliphatic hydroxyl groups excluding tert-OH is 1. The van der Waals surface area contributed by atoms with Gasteiger partial charge in [0.15, 0.2) is 0 Å². The Labute approximate surface area is 83.0 Å². The molecule has 0 aromatic heterocycles. The van der Waals surface area contributed by atoms with Crippen LogP contribution in [0.2, 0.25) is 0 Å². The van der Waals surface area contributed by atoms with Crippen molar-refractivity contribution in [3.8, 4) is 0 Å². The van der Waals surface area contributed by atoms with Crippen molar-refractivity contribution in [3.05, 3.63) is 12.2 Å². The molecule has 0 bridgehead atoms. The summed E-state index contributed by atoms with van der Waals surface area (Å²) in [6.07, 6.45) is 0.890. The van der Waals surface area contributed by atoms with Gasteiger partial charge in [-0.05, 0) is 37.3 Å². The summed E-state index contributed by atoms with van der Waals surface area (Å²) in [5.41, 5.74) is 0.874. The van der Waals surface area contributed by atoms with E-state index in [1.54, 1.807) is 0 Å². The Balaban J connectivity index is 2.62. The Morgan fingerprint density at radius 2 is 2.00 bits per heavy atom. The summed E-state index contributed by atoms with van der Waals surface area (Å²) < 4.78 is -0.0515. The maximum absolute atomic E-state index is 9.87. The fourth-order valence-electron chi connectivity index (χ4n) is 1.26. The van der Waals surface area contributed by atoms with Crippen LogP contribution in [0.15, 0.2) is 12.2 Å². The van der Waals surface area contributed by atoms with Crippen LogP contribution in [0.1, 0.15) is 20.3 Å². The van der Waals surface area contributed by atoms with Crippen LogP contribution in [-0.4, -0.2) is 26.8 Å². The summed E-state index contributed by atoms with van der Waals surface area (Å²) in [6, 6.07) is 0. The van der Waals surface area contributed by atoms with E-state index in [4.69, 9.17) is 0 Å². The highest BCUT2D eigenvalue weighted by molar-refractivity contribution is 8.18. The van der Waals surface area contributed by atoms with Crippen LogP contribution in [0, 0.1) is 0 Å². The summed E-state index contributed by atoms with van der Waals surface area (Å²) in [7, 11) is 0. The van der Waals surface area contributed by atoms with Gasteiger partial charge in [-0.3, -0.25) is 0 Å². The van der Waals surface area contributed by atoms with E-state index in [9.17, 15) is 5.11 Å². The van der Waals surface area contributed by atoms with E-state index in [2.05, 4.69) is 13.5 Å². The van der Waals surface area contributed by atoms with E-state index in [0.717, 1.165) is 17.1 Å². The van der Waals surface area contributed by atoms with Gasteiger partial charge in [0.1, 0.15) is 0 Å². The van der Waals surface area contributed by atoms with Crippen molar-refractivity contribution in [3.63, 3.8) is 0 Å². The first-order valence-corrected chi connectivity index (χ1v) is 6.15. The average molecular weight is 204 g/mol. The van der Waals surface area contributed by atoms with E-state index in [-0.39, 0.29) is 10.2 Å². The standard InChI is InChI=1S/C9H16OS2/c1-7(2)8(10)9(3)11-5-4-6-12-9/h8,10H,1,4-6H2,2-3H3. The lowest BCUT2D eigenvalue weighted by atomic mass is 10.1. The highest BCUT2D eigenvalue weighted by Gasteiger charge is 2.36. The minimum absolute atomic E-state index is 0.0515. The van der Waals surface area contributed by atoms with Crippen LogP contribution in [-0.2, 0) is 0 Å². The minimum atomic E-state index is -0.368. The molecule has 0 amide bonds. The fraction of sp³-hybridized carbons (Fsp3) is 0.778. The third-order valence-corrected chi connectivity index (χ3v) is 5.32. The lowest BCUT2D eigenvalue weighted by Gasteiger charge is -2.36. The molecule has 0 radical (unpaired) electrons. The summed E-state index contributed by atoms with van der Waals surface area (Å²) in [4.78, 5) is 0. The third-order valence-electron chi connectivity index (χ3n) is 2.03.